The highest BCUT2D eigenvalue weighted by molar-refractivity contribution is 8.01. The molecule has 0 radical (unpaired) electrons. The number of aliphatic hydroxyl groups is 1. The normalized spacial score (nSPS) is 21.4. The van der Waals surface area contributed by atoms with Gasteiger partial charge in [0.2, 0.25) is 0 Å². The number of hydrogen-bond acceptors (Lipinski definition) is 5. The largest absolute Gasteiger partial charge is 0.389 e. The second kappa shape index (κ2) is 6.14. The lowest BCUT2D eigenvalue weighted by atomic mass is 10.0. The summed E-state index contributed by atoms with van der Waals surface area (Å²) in [6, 6.07) is 2.93. The average molecular weight is 333 g/mol. The van der Waals surface area contributed by atoms with E-state index in [0.29, 0.717) is 29.1 Å². The maximum atomic E-state index is 13.8. The van der Waals surface area contributed by atoms with Gasteiger partial charge in [-0.05, 0) is 31.5 Å². The van der Waals surface area contributed by atoms with Crippen molar-refractivity contribution in [2.24, 2.45) is 0 Å². The lowest BCUT2D eigenvalue weighted by molar-refractivity contribution is 0.199. The van der Waals surface area contributed by atoms with E-state index >= 15 is 0 Å². The number of rotatable bonds is 3. The molecular weight excluding hydrogens is 313 g/mol. The van der Waals surface area contributed by atoms with Crippen molar-refractivity contribution < 1.29 is 17.9 Å². The molecule has 0 saturated carbocycles. The highest BCUT2D eigenvalue weighted by atomic mass is 32.2. The first-order valence-corrected chi connectivity index (χ1v) is 9.84. The van der Waals surface area contributed by atoms with E-state index < -0.39 is 27.1 Å². The van der Waals surface area contributed by atoms with E-state index in [1.165, 1.54) is 12.3 Å². The van der Waals surface area contributed by atoms with Crippen LogP contribution >= 0.6 is 11.8 Å². The fourth-order valence-corrected chi connectivity index (χ4v) is 5.31. The number of aryl methyl sites for hydroxylation is 1. The third kappa shape index (κ3) is 3.52. The molecule has 1 aliphatic rings. The molecule has 0 aliphatic carbocycles. The first-order chi connectivity index (χ1) is 9.71. The molecule has 0 amide bonds. The topological polar surface area (TPSA) is 57.6 Å². The van der Waals surface area contributed by atoms with E-state index in [4.69, 9.17) is 0 Å². The standard InChI is InChI=1S/C14H20FNO3S2/c1-9-6-13(11(10(2)17)7-12(9)15)16-4-5-20-8-14(16)21(3,18)19/h6-7,10,14,17H,4-5,8H2,1-3H3/t10-,14?/m1/s1. The van der Waals surface area contributed by atoms with E-state index in [0.717, 1.165) is 5.75 Å². The molecule has 0 bridgehead atoms. The molecule has 0 aromatic heterocycles. The van der Waals surface area contributed by atoms with Crippen LogP contribution in [0.15, 0.2) is 12.1 Å². The van der Waals surface area contributed by atoms with Gasteiger partial charge < -0.3 is 10.0 Å². The van der Waals surface area contributed by atoms with Crippen molar-refractivity contribution in [1.82, 2.24) is 0 Å². The molecule has 1 aromatic rings. The number of aliphatic hydroxyl groups excluding tert-OH is 1. The van der Waals surface area contributed by atoms with Gasteiger partial charge in [-0.15, -0.1) is 0 Å². The fraction of sp³-hybridized carbons (Fsp3) is 0.571. The summed E-state index contributed by atoms with van der Waals surface area (Å²) in [6.07, 6.45) is 0.361. The van der Waals surface area contributed by atoms with Crippen molar-refractivity contribution in [3.63, 3.8) is 0 Å². The van der Waals surface area contributed by atoms with Crippen molar-refractivity contribution in [3.8, 4) is 0 Å². The van der Waals surface area contributed by atoms with Crippen LogP contribution in [-0.2, 0) is 9.84 Å². The van der Waals surface area contributed by atoms with Gasteiger partial charge in [0.1, 0.15) is 11.2 Å². The Labute approximate surface area is 129 Å². The molecule has 2 atom stereocenters. The van der Waals surface area contributed by atoms with Gasteiger partial charge in [0.15, 0.2) is 9.84 Å². The van der Waals surface area contributed by atoms with Crippen molar-refractivity contribution in [1.29, 1.82) is 0 Å². The lowest BCUT2D eigenvalue weighted by Gasteiger charge is -2.37. The predicted molar refractivity (Wildman–Crippen MR) is 85.1 cm³/mol. The predicted octanol–water partition coefficient (Wildman–Crippen LogP) is 2.11. The summed E-state index contributed by atoms with van der Waals surface area (Å²) in [6.45, 7) is 3.76. The van der Waals surface area contributed by atoms with Gasteiger partial charge in [-0.1, -0.05) is 0 Å². The zero-order valence-electron chi connectivity index (χ0n) is 12.3. The maximum Gasteiger partial charge on any atom is 0.169 e. The monoisotopic (exact) mass is 333 g/mol. The Balaban J connectivity index is 2.55. The van der Waals surface area contributed by atoms with Gasteiger partial charge >= 0.3 is 0 Å². The van der Waals surface area contributed by atoms with Crippen LogP contribution in [0.1, 0.15) is 24.2 Å². The first kappa shape index (κ1) is 16.6. The Morgan fingerprint density at radius 2 is 2.14 bits per heavy atom. The van der Waals surface area contributed by atoms with Crippen LogP contribution in [0.4, 0.5) is 10.1 Å². The van der Waals surface area contributed by atoms with Crippen LogP contribution in [0.5, 0.6) is 0 Å². The van der Waals surface area contributed by atoms with Gasteiger partial charge in [-0.2, -0.15) is 11.8 Å². The summed E-state index contributed by atoms with van der Waals surface area (Å²) in [5.41, 5.74) is 1.48. The molecule has 1 aliphatic heterocycles. The highest BCUT2D eigenvalue weighted by Gasteiger charge is 2.33. The zero-order chi connectivity index (χ0) is 15.8. The highest BCUT2D eigenvalue weighted by Crippen LogP contribution is 2.34. The second-order valence-electron chi connectivity index (χ2n) is 5.39. The minimum absolute atomic E-state index is 0.392. The molecule has 0 spiro atoms. The third-order valence-corrected chi connectivity index (χ3v) is 6.29. The van der Waals surface area contributed by atoms with Crippen molar-refractivity contribution >= 4 is 27.3 Å². The number of sulfone groups is 1. The molecule has 4 nitrogen and oxygen atoms in total. The van der Waals surface area contributed by atoms with Crippen LogP contribution in [0.25, 0.3) is 0 Å². The molecule has 1 saturated heterocycles. The summed E-state index contributed by atoms with van der Waals surface area (Å²) in [4.78, 5) is 1.78. The van der Waals surface area contributed by atoms with Gasteiger partial charge in [-0.25, -0.2) is 12.8 Å². The number of nitrogens with zero attached hydrogens (tertiary/aromatic N) is 1. The second-order valence-corrected chi connectivity index (χ2v) is 8.74. The minimum Gasteiger partial charge on any atom is -0.389 e. The number of halogens is 1. The van der Waals surface area contributed by atoms with Crippen LogP contribution in [-0.4, -0.2) is 43.2 Å². The lowest BCUT2D eigenvalue weighted by Crippen LogP contribution is -2.47. The SMILES string of the molecule is Cc1cc(N2CCSCC2S(C)(=O)=O)c([C@@H](C)O)cc1F. The summed E-state index contributed by atoms with van der Waals surface area (Å²) in [7, 11) is -3.26. The molecule has 1 unspecified atom stereocenters. The van der Waals surface area contributed by atoms with Gasteiger partial charge in [-0.3, -0.25) is 0 Å². The Bertz CT molecular complexity index is 631. The summed E-state index contributed by atoms with van der Waals surface area (Å²) < 4.78 is 37.8. The molecule has 2 rings (SSSR count). The number of thioether (sulfide) groups is 1. The summed E-state index contributed by atoms with van der Waals surface area (Å²) in [5.74, 6) is 0.896. The number of benzene rings is 1. The number of anilines is 1. The zero-order valence-corrected chi connectivity index (χ0v) is 14.0. The smallest absolute Gasteiger partial charge is 0.169 e. The van der Waals surface area contributed by atoms with Gasteiger partial charge in [0, 0.05) is 35.6 Å². The molecule has 7 heteroatoms. The quantitative estimate of drug-likeness (QED) is 0.918. The van der Waals surface area contributed by atoms with E-state index in [9.17, 15) is 17.9 Å². The average Bonchev–Trinajstić information content (AvgIpc) is 2.40. The van der Waals surface area contributed by atoms with Crippen molar-refractivity contribution in [2.45, 2.75) is 25.3 Å². The number of hydrogen-bond donors (Lipinski definition) is 1. The minimum atomic E-state index is -3.26. The molecule has 118 valence electrons. The molecule has 1 fully saturated rings. The van der Waals surface area contributed by atoms with E-state index in [-0.39, 0.29) is 0 Å². The Morgan fingerprint density at radius 1 is 1.48 bits per heavy atom. The molecule has 1 heterocycles. The van der Waals surface area contributed by atoms with Crippen LogP contribution in [0.2, 0.25) is 0 Å². The van der Waals surface area contributed by atoms with Crippen molar-refractivity contribution in [2.75, 3.05) is 29.2 Å². The van der Waals surface area contributed by atoms with Crippen molar-refractivity contribution in [3.05, 3.63) is 29.1 Å². The Hall–Kier alpha value is -0.790. The van der Waals surface area contributed by atoms with Crippen LogP contribution in [0, 0.1) is 12.7 Å². The molecule has 1 N–H and O–H groups in total. The van der Waals surface area contributed by atoms with Gasteiger partial charge in [0.05, 0.1) is 6.10 Å². The Morgan fingerprint density at radius 3 is 2.71 bits per heavy atom. The first-order valence-electron chi connectivity index (χ1n) is 6.73. The van der Waals surface area contributed by atoms with Crippen LogP contribution in [0.3, 0.4) is 0 Å². The van der Waals surface area contributed by atoms with E-state index in [2.05, 4.69) is 0 Å². The van der Waals surface area contributed by atoms with E-state index in [1.54, 1.807) is 36.6 Å². The Kier molecular flexibility index (Phi) is 4.85. The summed E-state index contributed by atoms with van der Waals surface area (Å²) in [5, 5.41) is 9.25. The fourth-order valence-electron chi connectivity index (χ4n) is 2.48. The summed E-state index contributed by atoms with van der Waals surface area (Å²) >= 11 is 1.59. The van der Waals surface area contributed by atoms with Gasteiger partial charge in [0.25, 0.3) is 0 Å². The third-order valence-electron chi connectivity index (χ3n) is 3.65. The van der Waals surface area contributed by atoms with Crippen LogP contribution < -0.4 is 4.90 Å². The van der Waals surface area contributed by atoms with E-state index in [1.807, 2.05) is 0 Å². The molecule has 1 aromatic carbocycles. The maximum absolute atomic E-state index is 13.8. The molecule has 21 heavy (non-hydrogen) atoms. The molecular formula is C14H20FNO3S2.